The monoisotopic (exact) mass is 283 g/mol. The molecule has 6 heteroatoms. The van der Waals surface area contributed by atoms with Crippen LogP contribution in [0, 0.1) is 5.92 Å². The van der Waals surface area contributed by atoms with Crippen LogP contribution in [0.4, 0.5) is 5.69 Å². The van der Waals surface area contributed by atoms with Crippen LogP contribution < -0.4 is 10.5 Å². The molecular formula is C13H21N3O2S. The van der Waals surface area contributed by atoms with E-state index in [1.165, 1.54) is 12.6 Å². The molecule has 0 aromatic carbocycles. The first-order valence-corrected chi connectivity index (χ1v) is 8.20. The lowest BCUT2D eigenvalue weighted by atomic mass is 10.0. The summed E-state index contributed by atoms with van der Waals surface area (Å²) in [6.45, 7) is 2.22. The standard InChI is InChI=1S/C13H21N3O2S/c1-10-4-2-5-11(8-7-10)16-19(17,18)13-12(14)6-3-9-15-13/h3,6,9-11,16H,2,4-5,7-8,14H2,1H3. The number of nitrogens with zero attached hydrogens (tertiary/aromatic N) is 1. The lowest BCUT2D eigenvalue weighted by molar-refractivity contribution is 0.484. The van der Waals surface area contributed by atoms with Crippen LogP contribution >= 0.6 is 0 Å². The molecule has 1 aliphatic rings. The van der Waals surface area contributed by atoms with Gasteiger partial charge in [0.2, 0.25) is 0 Å². The van der Waals surface area contributed by atoms with Crippen molar-refractivity contribution in [1.82, 2.24) is 9.71 Å². The number of hydrogen-bond acceptors (Lipinski definition) is 4. The summed E-state index contributed by atoms with van der Waals surface area (Å²) in [6, 6.07) is 3.18. The van der Waals surface area contributed by atoms with Crippen molar-refractivity contribution in [2.24, 2.45) is 5.92 Å². The molecule has 1 aromatic rings. The van der Waals surface area contributed by atoms with Crippen LogP contribution in [0.3, 0.4) is 0 Å². The number of anilines is 1. The molecule has 0 amide bonds. The molecule has 19 heavy (non-hydrogen) atoms. The molecule has 5 nitrogen and oxygen atoms in total. The first-order valence-electron chi connectivity index (χ1n) is 6.72. The zero-order valence-electron chi connectivity index (χ0n) is 11.2. The summed E-state index contributed by atoms with van der Waals surface area (Å²) in [5, 5.41) is -0.0627. The Balaban J connectivity index is 2.11. The van der Waals surface area contributed by atoms with Gasteiger partial charge in [0, 0.05) is 12.2 Å². The van der Waals surface area contributed by atoms with E-state index in [4.69, 9.17) is 5.73 Å². The molecule has 0 spiro atoms. The first-order chi connectivity index (χ1) is 8.99. The van der Waals surface area contributed by atoms with E-state index in [2.05, 4.69) is 16.6 Å². The number of sulfonamides is 1. The number of nitrogen functional groups attached to an aromatic ring is 1. The molecular weight excluding hydrogens is 262 g/mol. The maximum absolute atomic E-state index is 12.3. The smallest absolute Gasteiger partial charge is 0.260 e. The fourth-order valence-corrected chi connectivity index (χ4v) is 3.87. The van der Waals surface area contributed by atoms with Gasteiger partial charge >= 0.3 is 0 Å². The average Bonchev–Trinajstić information content (AvgIpc) is 2.54. The molecule has 0 saturated heterocycles. The average molecular weight is 283 g/mol. The molecule has 2 rings (SSSR count). The van der Waals surface area contributed by atoms with E-state index in [1.807, 2.05) is 0 Å². The predicted molar refractivity (Wildman–Crippen MR) is 75.0 cm³/mol. The SMILES string of the molecule is CC1CCCC(NS(=O)(=O)c2ncccc2N)CC1. The molecule has 1 aliphatic carbocycles. The van der Waals surface area contributed by atoms with Gasteiger partial charge in [0.05, 0.1) is 5.69 Å². The van der Waals surface area contributed by atoms with Gasteiger partial charge in [-0.05, 0) is 37.3 Å². The summed E-state index contributed by atoms with van der Waals surface area (Å²) in [5.41, 5.74) is 5.87. The minimum atomic E-state index is -3.61. The van der Waals surface area contributed by atoms with Gasteiger partial charge in [0.25, 0.3) is 10.0 Å². The normalized spacial score (nSPS) is 24.9. The second-order valence-electron chi connectivity index (χ2n) is 5.33. The van der Waals surface area contributed by atoms with E-state index in [-0.39, 0.29) is 16.8 Å². The fraction of sp³-hybridized carbons (Fsp3) is 0.615. The Hall–Kier alpha value is -1.14. The number of rotatable bonds is 3. The van der Waals surface area contributed by atoms with E-state index in [0.29, 0.717) is 5.92 Å². The van der Waals surface area contributed by atoms with Gasteiger partial charge in [-0.15, -0.1) is 0 Å². The zero-order valence-corrected chi connectivity index (χ0v) is 12.0. The Kier molecular flexibility index (Phi) is 4.42. The van der Waals surface area contributed by atoms with Crippen molar-refractivity contribution < 1.29 is 8.42 Å². The van der Waals surface area contributed by atoms with Crippen molar-refractivity contribution in [2.75, 3.05) is 5.73 Å². The molecule has 2 unspecified atom stereocenters. The van der Waals surface area contributed by atoms with Crippen LogP contribution in [0.2, 0.25) is 0 Å². The van der Waals surface area contributed by atoms with E-state index in [0.717, 1.165) is 25.7 Å². The number of hydrogen-bond donors (Lipinski definition) is 2. The molecule has 0 radical (unpaired) electrons. The van der Waals surface area contributed by atoms with Gasteiger partial charge in [-0.25, -0.2) is 18.1 Å². The van der Waals surface area contributed by atoms with Crippen molar-refractivity contribution in [1.29, 1.82) is 0 Å². The van der Waals surface area contributed by atoms with Crippen LogP contribution in [0.1, 0.15) is 39.0 Å². The minimum absolute atomic E-state index is 0.00337. The van der Waals surface area contributed by atoms with E-state index in [9.17, 15) is 8.42 Å². The molecule has 106 valence electrons. The second kappa shape index (κ2) is 5.88. The third-order valence-corrected chi connectivity index (χ3v) is 5.13. The van der Waals surface area contributed by atoms with Crippen molar-refractivity contribution in [3.63, 3.8) is 0 Å². The van der Waals surface area contributed by atoms with E-state index < -0.39 is 10.0 Å². The van der Waals surface area contributed by atoms with Crippen molar-refractivity contribution >= 4 is 15.7 Å². The first kappa shape index (κ1) is 14.3. The number of aromatic nitrogens is 1. The molecule has 1 heterocycles. The van der Waals surface area contributed by atoms with Gasteiger partial charge in [-0.1, -0.05) is 19.8 Å². The maximum atomic E-state index is 12.3. The van der Waals surface area contributed by atoms with Crippen LogP contribution in [0.25, 0.3) is 0 Å². The van der Waals surface area contributed by atoms with Gasteiger partial charge in [0.15, 0.2) is 5.03 Å². The van der Waals surface area contributed by atoms with Gasteiger partial charge in [-0.2, -0.15) is 0 Å². The molecule has 1 aromatic heterocycles. The van der Waals surface area contributed by atoms with Gasteiger partial charge in [0.1, 0.15) is 0 Å². The van der Waals surface area contributed by atoms with Crippen LogP contribution in [-0.2, 0) is 10.0 Å². The van der Waals surface area contributed by atoms with Gasteiger partial charge in [-0.3, -0.25) is 0 Å². The summed E-state index contributed by atoms with van der Waals surface area (Å²) in [6.07, 6.45) is 6.50. The quantitative estimate of drug-likeness (QED) is 0.830. The highest BCUT2D eigenvalue weighted by Gasteiger charge is 2.25. The highest BCUT2D eigenvalue weighted by atomic mass is 32.2. The number of nitrogens with two attached hydrogens (primary N) is 1. The molecule has 1 saturated carbocycles. The summed E-state index contributed by atoms with van der Waals surface area (Å²) in [7, 11) is -3.61. The Morgan fingerprint density at radius 3 is 2.84 bits per heavy atom. The highest BCUT2D eigenvalue weighted by molar-refractivity contribution is 7.89. The third-order valence-electron chi connectivity index (χ3n) is 3.63. The molecule has 2 atom stereocenters. The lowest BCUT2D eigenvalue weighted by Gasteiger charge is -2.16. The predicted octanol–water partition coefficient (Wildman–Crippen LogP) is 1.91. The zero-order chi connectivity index (χ0) is 13.9. The van der Waals surface area contributed by atoms with Crippen LogP contribution in [0.5, 0.6) is 0 Å². The molecule has 3 N–H and O–H groups in total. The minimum Gasteiger partial charge on any atom is -0.396 e. The van der Waals surface area contributed by atoms with Crippen LogP contribution in [-0.4, -0.2) is 19.4 Å². The van der Waals surface area contributed by atoms with Crippen molar-refractivity contribution in [2.45, 2.75) is 50.1 Å². The largest absolute Gasteiger partial charge is 0.396 e. The van der Waals surface area contributed by atoms with Crippen molar-refractivity contribution in [3.8, 4) is 0 Å². The fourth-order valence-electron chi connectivity index (χ4n) is 2.51. The third kappa shape index (κ3) is 3.67. The number of pyridine rings is 1. The Morgan fingerprint density at radius 1 is 1.32 bits per heavy atom. The summed E-state index contributed by atoms with van der Waals surface area (Å²) >= 11 is 0. The lowest BCUT2D eigenvalue weighted by Crippen LogP contribution is -2.35. The summed E-state index contributed by atoms with van der Waals surface area (Å²) < 4.78 is 27.3. The Morgan fingerprint density at radius 2 is 2.11 bits per heavy atom. The Bertz CT molecular complexity index is 530. The maximum Gasteiger partial charge on any atom is 0.260 e. The van der Waals surface area contributed by atoms with Crippen molar-refractivity contribution in [3.05, 3.63) is 18.3 Å². The molecule has 0 aliphatic heterocycles. The topological polar surface area (TPSA) is 85.1 Å². The molecule has 0 bridgehead atoms. The molecule has 1 fully saturated rings. The summed E-state index contributed by atoms with van der Waals surface area (Å²) in [5.74, 6) is 0.675. The second-order valence-corrected chi connectivity index (χ2v) is 6.96. The summed E-state index contributed by atoms with van der Waals surface area (Å²) in [4.78, 5) is 3.88. The number of nitrogens with one attached hydrogen (secondary N) is 1. The van der Waals surface area contributed by atoms with Gasteiger partial charge < -0.3 is 5.73 Å². The van der Waals surface area contributed by atoms with E-state index in [1.54, 1.807) is 12.1 Å². The van der Waals surface area contributed by atoms with E-state index >= 15 is 0 Å². The highest BCUT2D eigenvalue weighted by Crippen LogP contribution is 2.24. The van der Waals surface area contributed by atoms with Crippen LogP contribution in [0.15, 0.2) is 23.4 Å². The Labute approximate surface area is 114 Å².